The summed E-state index contributed by atoms with van der Waals surface area (Å²) in [6, 6.07) is 9.28. The summed E-state index contributed by atoms with van der Waals surface area (Å²) in [6.07, 6.45) is 10.00. The minimum absolute atomic E-state index is 0.634. The van der Waals surface area contributed by atoms with E-state index in [1.54, 1.807) is 12.7 Å². The Hall–Kier alpha value is -1.84. The van der Waals surface area contributed by atoms with Crippen molar-refractivity contribution >= 4 is 5.69 Å². The monoisotopic (exact) mass is 284 g/mol. The van der Waals surface area contributed by atoms with Gasteiger partial charge in [0.25, 0.3) is 0 Å². The summed E-state index contributed by atoms with van der Waals surface area (Å²) in [7, 11) is 0. The average molecular weight is 284 g/mol. The van der Waals surface area contributed by atoms with Crippen molar-refractivity contribution in [3.8, 4) is 0 Å². The van der Waals surface area contributed by atoms with Crippen molar-refractivity contribution in [2.24, 2.45) is 5.92 Å². The molecule has 4 heteroatoms. The minimum Gasteiger partial charge on any atom is -0.382 e. The van der Waals surface area contributed by atoms with Crippen LogP contribution in [0.3, 0.4) is 0 Å². The van der Waals surface area contributed by atoms with Gasteiger partial charge in [-0.15, -0.1) is 0 Å². The molecule has 2 aromatic rings. The molecule has 112 valence electrons. The molecule has 21 heavy (non-hydrogen) atoms. The molecule has 0 aliphatic heterocycles. The van der Waals surface area contributed by atoms with Gasteiger partial charge in [-0.05, 0) is 49.3 Å². The van der Waals surface area contributed by atoms with Gasteiger partial charge in [0.15, 0.2) is 0 Å². The molecule has 1 aromatic heterocycles. The lowest BCUT2D eigenvalue weighted by Crippen LogP contribution is -2.25. The molecule has 0 unspecified atom stereocenters. The SMILES string of the molecule is CCC1CCC(Nc2cccc(Cn3cncn3)c2)CC1. The molecule has 0 saturated heterocycles. The van der Waals surface area contributed by atoms with Crippen LogP contribution in [0.15, 0.2) is 36.9 Å². The van der Waals surface area contributed by atoms with Gasteiger partial charge in [0.05, 0.1) is 6.54 Å². The first kappa shape index (κ1) is 14.1. The third-order valence-corrected chi connectivity index (χ3v) is 4.53. The molecular formula is C17H24N4. The highest BCUT2D eigenvalue weighted by Gasteiger charge is 2.19. The van der Waals surface area contributed by atoms with E-state index >= 15 is 0 Å². The first-order valence-electron chi connectivity index (χ1n) is 8.01. The predicted molar refractivity (Wildman–Crippen MR) is 85.2 cm³/mol. The Bertz CT molecular complexity index is 542. The van der Waals surface area contributed by atoms with E-state index in [0.717, 1.165) is 12.5 Å². The normalized spacial score (nSPS) is 22.1. The fourth-order valence-electron chi connectivity index (χ4n) is 3.21. The number of hydrogen-bond donors (Lipinski definition) is 1. The van der Waals surface area contributed by atoms with Gasteiger partial charge in [-0.3, -0.25) is 0 Å². The molecule has 1 aliphatic rings. The van der Waals surface area contributed by atoms with E-state index in [9.17, 15) is 0 Å². The maximum Gasteiger partial charge on any atom is 0.137 e. The number of rotatable bonds is 5. The Labute approximate surface area is 126 Å². The number of benzene rings is 1. The summed E-state index contributed by atoms with van der Waals surface area (Å²) in [5, 5.41) is 7.86. The summed E-state index contributed by atoms with van der Waals surface area (Å²) in [5.41, 5.74) is 2.49. The van der Waals surface area contributed by atoms with Gasteiger partial charge in [0.1, 0.15) is 12.7 Å². The quantitative estimate of drug-likeness (QED) is 0.910. The fourth-order valence-corrected chi connectivity index (χ4v) is 3.21. The van der Waals surface area contributed by atoms with Crippen LogP contribution in [0.2, 0.25) is 0 Å². The van der Waals surface area contributed by atoms with Crippen LogP contribution in [-0.4, -0.2) is 20.8 Å². The minimum atomic E-state index is 0.634. The van der Waals surface area contributed by atoms with Crippen LogP contribution < -0.4 is 5.32 Å². The summed E-state index contributed by atoms with van der Waals surface area (Å²) < 4.78 is 1.85. The first-order valence-corrected chi connectivity index (χ1v) is 8.01. The molecule has 1 saturated carbocycles. The highest BCUT2D eigenvalue weighted by atomic mass is 15.3. The smallest absolute Gasteiger partial charge is 0.137 e. The Morgan fingerprint density at radius 2 is 2.10 bits per heavy atom. The predicted octanol–water partition coefficient (Wildman–Crippen LogP) is 3.71. The molecule has 1 N–H and O–H groups in total. The van der Waals surface area contributed by atoms with E-state index in [-0.39, 0.29) is 0 Å². The zero-order valence-corrected chi connectivity index (χ0v) is 12.7. The second-order valence-electron chi connectivity index (χ2n) is 6.06. The maximum absolute atomic E-state index is 4.16. The molecule has 0 spiro atoms. The number of hydrogen-bond acceptors (Lipinski definition) is 3. The van der Waals surface area contributed by atoms with Gasteiger partial charge in [-0.1, -0.05) is 25.5 Å². The van der Waals surface area contributed by atoms with Gasteiger partial charge in [-0.2, -0.15) is 5.10 Å². The first-order chi connectivity index (χ1) is 10.3. The van der Waals surface area contributed by atoms with E-state index in [2.05, 4.69) is 46.6 Å². The number of aromatic nitrogens is 3. The van der Waals surface area contributed by atoms with E-state index in [1.165, 1.54) is 43.4 Å². The summed E-state index contributed by atoms with van der Waals surface area (Å²) in [5.74, 6) is 0.946. The van der Waals surface area contributed by atoms with Crippen LogP contribution in [0, 0.1) is 5.92 Å². The number of nitrogens with zero attached hydrogens (tertiary/aromatic N) is 3. The second-order valence-corrected chi connectivity index (χ2v) is 6.06. The molecule has 1 fully saturated rings. The Morgan fingerprint density at radius 3 is 2.81 bits per heavy atom. The lowest BCUT2D eigenvalue weighted by molar-refractivity contribution is 0.330. The van der Waals surface area contributed by atoms with E-state index in [4.69, 9.17) is 0 Å². The van der Waals surface area contributed by atoms with Crippen LogP contribution in [0.25, 0.3) is 0 Å². The molecule has 1 heterocycles. The maximum atomic E-state index is 4.16. The molecular weight excluding hydrogens is 260 g/mol. The number of anilines is 1. The summed E-state index contributed by atoms with van der Waals surface area (Å²) in [6.45, 7) is 3.09. The van der Waals surface area contributed by atoms with Gasteiger partial charge in [-0.25, -0.2) is 9.67 Å². The molecule has 0 amide bonds. The third-order valence-electron chi connectivity index (χ3n) is 4.53. The van der Waals surface area contributed by atoms with Crippen molar-refractivity contribution in [3.63, 3.8) is 0 Å². The van der Waals surface area contributed by atoms with E-state index < -0.39 is 0 Å². The Kier molecular flexibility index (Phi) is 4.53. The third kappa shape index (κ3) is 3.84. The van der Waals surface area contributed by atoms with Gasteiger partial charge in [0.2, 0.25) is 0 Å². The number of nitrogens with one attached hydrogen (secondary N) is 1. The molecule has 1 aliphatic carbocycles. The highest BCUT2D eigenvalue weighted by Crippen LogP contribution is 2.28. The van der Waals surface area contributed by atoms with Crippen molar-refractivity contribution in [3.05, 3.63) is 42.5 Å². The molecule has 4 nitrogen and oxygen atoms in total. The highest BCUT2D eigenvalue weighted by molar-refractivity contribution is 5.46. The molecule has 0 atom stereocenters. The van der Waals surface area contributed by atoms with Crippen molar-refractivity contribution in [1.82, 2.24) is 14.8 Å². The van der Waals surface area contributed by atoms with Crippen LogP contribution in [0.4, 0.5) is 5.69 Å². The lowest BCUT2D eigenvalue weighted by Gasteiger charge is -2.29. The van der Waals surface area contributed by atoms with Gasteiger partial charge < -0.3 is 5.32 Å². The Morgan fingerprint density at radius 1 is 1.24 bits per heavy atom. The molecule has 0 bridgehead atoms. The van der Waals surface area contributed by atoms with Gasteiger partial charge >= 0.3 is 0 Å². The summed E-state index contributed by atoms with van der Waals surface area (Å²) >= 11 is 0. The standard InChI is InChI=1S/C17H24N4/c1-2-14-6-8-16(9-7-14)20-17-5-3-4-15(10-17)11-21-13-18-12-19-21/h3-5,10,12-14,16,20H,2,6-9,11H2,1H3. The van der Waals surface area contributed by atoms with Crippen LogP contribution >= 0.6 is 0 Å². The van der Waals surface area contributed by atoms with Crippen LogP contribution in [0.1, 0.15) is 44.6 Å². The van der Waals surface area contributed by atoms with E-state index in [1.807, 2.05) is 4.68 Å². The Balaban J connectivity index is 1.58. The lowest BCUT2D eigenvalue weighted by atomic mass is 9.84. The summed E-state index contributed by atoms with van der Waals surface area (Å²) in [4.78, 5) is 3.99. The molecule has 3 rings (SSSR count). The molecule has 1 aromatic carbocycles. The van der Waals surface area contributed by atoms with Gasteiger partial charge in [0, 0.05) is 11.7 Å². The topological polar surface area (TPSA) is 42.7 Å². The van der Waals surface area contributed by atoms with Crippen molar-refractivity contribution in [2.75, 3.05) is 5.32 Å². The van der Waals surface area contributed by atoms with E-state index in [0.29, 0.717) is 6.04 Å². The van der Waals surface area contributed by atoms with Crippen molar-refractivity contribution in [2.45, 2.75) is 51.6 Å². The molecule has 0 radical (unpaired) electrons. The van der Waals surface area contributed by atoms with Crippen molar-refractivity contribution < 1.29 is 0 Å². The fraction of sp³-hybridized carbons (Fsp3) is 0.529. The zero-order valence-electron chi connectivity index (χ0n) is 12.7. The van der Waals surface area contributed by atoms with Crippen LogP contribution in [0.5, 0.6) is 0 Å². The average Bonchev–Trinajstić information content (AvgIpc) is 3.01. The van der Waals surface area contributed by atoms with Crippen LogP contribution in [-0.2, 0) is 6.54 Å². The second kappa shape index (κ2) is 6.74. The largest absolute Gasteiger partial charge is 0.382 e. The van der Waals surface area contributed by atoms with Crippen molar-refractivity contribution in [1.29, 1.82) is 0 Å². The zero-order chi connectivity index (χ0) is 14.5.